The van der Waals surface area contributed by atoms with Gasteiger partial charge in [-0.3, -0.25) is 9.89 Å². The van der Waals surface area contributed by atoms with Gasteiger partial charge < -0.3 is 14.8 Å². The maximum absolute atomic E-state index is 13.0. The van der Waals surface area contributed by atoms with E-state index in [1.807, 2.05) is 0 Å². The number of sulfonamides is 1. The highest BCUT2D eigenvalue weighted by Crippen LogP contribution is 2.30. The monoisotopic (exact) mass is 495 g/mol. The lowest BCUT2D eigenvalue weighted by molar-refractivity contribution is -0.113. The number of aromatic nitrogens is 3. The maximum atomic E-state index is 13.0. The number of thioether (sulfide) groups is 1. The first-order chi connectivity index (χ1) is 16.0. The number of carbonyl (C=O) groups excluding carboxylic acids is 1. The van der Waals surface area contributed by atoms with Crippen molar-refractivity contribution in [2.24, 2.45) is 5.92 Å². The molecule has 12 heteroatoms. The van der Waals surface area contributed by atoms with Crippen molar-refractivity contribution in [1.29, 1.82) is 0 Å². The van der Waals surface area contributed by atoms with Gasteiger partial charge in [-0.15, -0.1) is 5.10 Å². The molecule has 1 aromatic carbocycles. The molecule has 1 aliphatic carbocycles. The molecule has 2 heterocycles. The second kappa shape index (κ2) is 10.9. The Hall–Kier alpha value is -2.15. The van der Waals surface area contributed by atoms with Crippen LogP contribution < -0.4 is 10.1 Å². The van der Waals surface area contributed by atoms with Gasteiger partial charge in [-0.25, -0.2) is 13.4 Å². The van der Waals surface area contributed by atoms with Crippen molar-refractivity contribution in [2.45, 2.75) is 42.2 Å². The van der Waals surface area contributed by atoms with Crippen LogP contribution in [0.5, 0.6) is 5.75 Å². The largest absolute Gasteiger partial charge is 0.495 e. The summed E-state index contributed by atoms with van der Waals surface area (Å²) in [4.78, 5) is 17.1. The molecule has 0 bridgehead atoms. The summed E-state index contributed by atoms with van der Waals surface area (Å²) in [6, 6.07) is 4.45. The number of morpholine rings is 1. The molecule has 2 aliphatic rings. The highest BCUT2D eigenvalue weighted by atomic mass is 32.2. The minimum atomic E-state index is -3.69. The van der Waals surface area contributed by atoms with Gasteiger partial charge in [0.2, 0.25) is 21.1 Å². The van der Waals surface area contributed by atoms with Gasteiger partial charge >= 0.3 is 0 Å². The molecular formula is C21H29N5O5S2. The van der Waals surface area contributed by atoms with Gasteiger partial charge in [-0.05, 0) is 24.1 Å². The van der Waals surface area contributed by atoms with Crippen molar-refractivity contribution in [3.63, 3.8) is 0 Å². The van der Waals surface area contributed by atoms with Gasteiger partial charge in [0.25, 0.3) is 0 Å². The van der Waals surface area contributed by atoms with E-state index in [2.05, 4.69) is 20.5 Å². The molecule has 33 heavy (non-hydrogen) atoms. The number of nitrogens with one attached hydrogen (secondary N) is 2. The van der Waals surface area contributed by atoms with Crippen LogP contribution in [0.4, 0.5) is 5.69 Å². The predicted molar refractivity (Wildman–Crippen MR) is 124 cm³/mol. The molecule has 1 aromatic heterocycles. The molecule has 1 aliphatic heterocycles. The second-order valence-electron chi connectivity index (χ2n) is 8.13. The fourth-order valence-electron chi connectivity index (χ4n) is 4.12. The molecule has 1 saturated carbocycles. The molecule has 1 saturated heterocycles. The summed E-state index contributed by atoms with van der Waals surface area (Å²) in [6.45, 7) is 1.32. The molecule has 2 fully saturated rings. The Kier molecular flexibility index (Phi) is 7.89. The summed E-state index contributed by atoms with van der Waals surface area (Å²) in [6.07, 6.45) is 5.90. The first-order valence-corrected chi connectivity index (χ1v) is 13.5. The topological polar surface area (TPSA) is 127 Å². The van der Waals surface area contributed by atoms with E-state index in [0.29, 0.717) is 48.8 Å². The molecule has 10 nitrogen and oxygen atoms in total. The summed E-state index contributed by atoms with van der Waals surface area (Å²) in [5.74, 6) is 1.68. The quantitative estimate of drug-likeness (QED) is 0.508. The van der Waals surface area contributed by atoms with Crippen LogP contribution in [-0.2, 0) is 26.0 Å². The number of aromatic amines is 1. The Balaban J connectivity index is 1.37. The zero-order chi connectivity index (χ0) is 23.3. The summed E-state index contributed by atoms with van der Waals surface area (Å²) in [5, 5.41) is 10.4. The van der Waals surface area contributed by atoms with Gasteiger partial charge in [-0.1, -0.05) is 37.4 Å². The Labute approximate surface area is 197 Å². The van der Waals surface area contributed by atoms with E-state index in [0.717, 1.165) is 12.2 Å². The molecule has 1 amide bonds. The lowest BCUT2D eigenvalue weighted by Crippen LogP contribution is -2.40. The normalized spacial score (nSPS) is 17.8. The fraction of sp³-hybridized carbons (Fsp3) is 0.571. The predicted octanol–water partition coefficient (Wildman–Crippen LogP) is 2.30. The van der Waals surface area contributed by atoms with Crippen LogP contribution in [0.25, 0.3) is 0 Å². The number of hydrogen-bond acceptors (Lipinski definition) is 8. The van der Waals surface area contributed by atoms with Crippen LogP contribution in [0.2, 0.25) is 0 Å². The number of methoxy groups -OCH3 is 1. The third kappa shape index (κ3) is 6.05. The summed E-state index contributed by atoms with van der Waals surface area (Å²) in [5.41, 5.74) is 0.300. The minimum absolute atomic E-state index is 0.0876. The molecule has 0 radical (unpaired) electrons. The summed E-state index contributed by atoms with van der Waals surface area (Å²) in [7, 11) is -2.22. The highest BCUT2D eigenvalue weighted by molar-refractivity contribution is 7.99. The second-order valence-corrected chi connectivity index (χ2v) is 11.0. The van der Waals surface area contributed by atoms with E-state index in [4.69, 9.17) is 9.47 Å². The molecule has 2 aromatic rings. The van der Waals surface area contributed by atoms with Gasteiger partial charge in [0.1, 0.15) is 11.6 Å². The number of amides is 1. The van der Waals surface area contributed by atoms with Gasteiger partial charge in [-0.2, -0.15) is 4.31 Å². The number of anilines is 1. The number of benzene rings is 1. The van der Waals surface area contributed by atoms with Crippen LogP contribution in [0.1, 0.15) is 31.5 Å². The van der Waals surface area contributed by atoms with Crippen LogP contribution in [-0.4, -0.2) is 73.0 Å². The maximum Gasteiger partial charge on any atom is 0.243 e. The standard InChI is InChI=1S/C21H29N5O5S2/c1-30-18-7-6-16(33(28,29)26-8-10-31-11-9-26)13-17(18)22-20(27)14-32-21-23-19(24-25-21)12-15-4-2-3-5-15/h6-7,13,15H,2-5,8-12,14H2,1H3,(H,22,27)(H,23,24,25). The molecular weight excluding hydrogens is 466 g/mol. The highest BCUT2D eigenvalue weighted by Gasteiger charge is 2.27. The van der Waals surface area contributed by atoms with Crippen molar-refractivity contribution in [2.75, 3.05) is 44.5 Å². The van der Waals surface area contributed by atoms with Crippen LogP contribution in [0, 0.1) is 5.92 Å². The van der Waals surface area contributed by atoms with E-state index in [-0.39, 0.29) is 16.6 Å². The van der Waals surface area contributed by atoms with Crippen molar-refractivity contribution in [3.8, 4) is 5.75 Å². The minimum Gasteiger partial charge on any atom is -0.495 e. The first kappa shape index (κ1) is 24.0. The molecule has 180 valence electrons. The molecule has 4 rings (SSSR count). The van der Waals surface area contributed by atoms with E-state index in [1.165, 1.54) is 61.0 Å². The van der Waals surface area contributed by atoms with Crippen LogP contribution in [0.15, 0.2) is 28.3 Å². The lowest BCUT2D eigenvalue weighted by Gasteiger charge is -2.26. The van der Waals surface area contributed by atoms with Crippen LogP contribution >= 0.6 is 11.8 Å². The average molecular weight is 496 g/mol. The van der Waals surface area contributed by atoms with E-state index in [1.54, 1.807) is 6.07 Å². The molecule has 0 unspecified atom stereocenters. The third-order valence-corrected chi connectivity index (χ3v) is 8.60. The Morgan fingerprint density at radius 2 is 2.06 bits per heavy atom. The third-order valence-electron chi connectivity index (χ3n) is 5.85. The smallest absolute Gasteiger partial charge is 0.243 e. The Morgan fingerprint density at radius 1 is 1.30 bits per heavy atom. The lowest BCUT2D eigenvalue weighted by atomic mass is 10.0. The number of carbonyl (C=O) groups is 1. The zero-order valence-electron chi connectivity index (χ0n) is 18.6. The SMILES string of the molecule is COc1ccc(S(=O)(=O)N2CCOCC2)cc1NC(=O)CSc1n[nH]c(CC2CCCC2)n1. The van der Waals surface area contributed by atoms with Crippen molar-refractivity contribution in [1.82, 2.24) is 19.5 Å². The van der Waals surface area contributed by atoms with Crippen molar-refractivity contribution < 1.29 is 22.7 Å². The first-order valence-electron chi connectivity index (χ1n) is 11.1. The van der Waals surface area contributed by atoms with E-state index in [9.17, 15) is 13.2 Å². The number of nitrogens with zero attached hydrogens (tertiary/aromatic N) is 3. The van der Waals surface area contributed by atoms with Crippen molar-refractivity contribution >= 4 is 33.4 Å². The van der Waals surface area contributed by atoms with Crippen molar-refractivity contribution in [3.05, 3.63) is 24.0 Å². The summed E-state index contributed by atoms with van der Waals surface area (Å²) < 4.78 is 37.8. The average Bonchev–Trinajstić information content (AvgIpc) is 3.51. The molecule has 2 N–H and O–H groups in total. The van der Waals surface area contributed by atoms with E-state index >= 15 is 0 Å². The Bertz CT molecular complexity index is 1060. The van der Waals surface area contributed by atoms with Crippen LogP contribution in [0.3, 0.4) is 0 Å². The number of H-pyrrole nitrogens is 1. The number of rotatable bonds is 9. The summed E-state index contributed by atoms with van der Waals surface area (Å²) >= 11 is 1.23. The van der Waals surface area contributed by atoms with E-state index < -0.39 is 10.0 Å². The van der Waals surface area contributed by atoms with Gasteiger partial charge in [0, 0.05) is 19.5 Å². The number of hydrogen-bond donors (Lipinski definition) is 2. The molecule has 0 atom stereocenters. The van der Waals surface area contributed by atoms with Gasteiger partial charge in [0.15, 0.2) is 0 Å². The molecule has 0 spiro atoms. The Morgan fingerprint density at radius 3 is 2.79 bits per heavy atom. The van der Waals surface area contributed by atoms with Gasteiger partial charge in [0.05, 0.1) is 36.7 Å². The fourth-order valence-corrected chi connectivity index (χ4v) is 6.17. The number of ether oxygens (including phenoxy) is 2. The zero-order valence-corrected chi connectivity index (χ0v) is 20.2.